The molecule has 0 saturated carbocycles. The first-order chi connectivity index (χ1) is 9.84. The predicted molar refractivity (Wildman–Crippen MR) is 67.1 cm³/mol. The predicted octanol–water partition coefficient (Wildman–Crippen LogP) is 2.69. The number of carbonyl (C=O) groups excluding carboxylic acids is 1. The van der Waals surface area contributed by atoms with Crippen molar-refractivity contribution in [2.45, 2.75) is 19.0 Å². The Morgan fingerprint density at radius 2 is 1.90 bits per heavy atom. The van der Waals surface area contributed by atoms with Crippen LogP contribution in [0.25, 0.3) is 0 Å². The summed E-state index contributed by atoms with van der Waals surface area (Å²) in [5, 5.41) is 9.01. The van der Waals surface area contributed by atoms with Gasteiger partial charge in [0.25, 0.3) is 5.91 Å². The van der Waals surface area contributed by atoms with Crippen LogP contribution in [0.15, 0.2) is 18.2 Å². The number of hydrogen-bond donors (Lipinski definition) is 1. The van der Waals surface area contributed by atoms with Crippen LogP contribution in [-0.4, -0.2) is 35.6 Å². The second-order valence-corrected chi connectivity index (χ2v) is 5.08. The Bertz CT molecular complexity index is 522. The molecule has 0 atom stereocenters. The summed E-state index contributed by atoms with van der Waals surface area (Å²) in [4.78, 5) is 13.5. The van der Waals surface area contributed by atoms with Crippen molar-refractivity contribution in [2.24, 2.45) is 5.92 Å². The molecule has 1 aromatic carbocycles. The number of rotatable bonds is 2. The van der Waals surface area contributed by atoms with Crippen LogP contribution < -0.4 is 0 Å². The van der Waals surface area contributed by atoms with Gasteiger partial charge in [-0.15, -0.1) is 0 Å². The van der Waals surface area contributed by atoms with Gasteiger partial charge in [0.1, 0.15) is 5.82 Å². The minimum absolute atomic E-state index is 0.0138. The standard InChI is InChI=1S/C14H15F4NO2/c15-12-10(2-1-3-11(12)14(16,17)18)13(21)19-6-4-9(8-20)5-7-19/h1-3,9,20H,4-8H2. The molecule has 21 heavy (non-hydrogen) atoms. The molecular formula is C14H15F4NO2. The number of carbonyl (C=O) groups is 1. The number of aliphatic hydroxyl groups excluding tert-OH is 1. The summed E-state index contributed by atoms with van der Waals surface area (Å²) >= 11 is 0. The normalized spacial score (nSPS) is 17.1. The highest BCUT2D eigenvalue weighted by Gasteiger charge is 2.36. The quantitative estimate of drug-likeness (QED) is 0.854. The number of benzene rings is 1. The minimum Gasteiger partial charge on any atom is -0.396 e. The van der Waals surface area contributed by atoms with E-state index in [1.165, 1.54) is 4.90 Å². The van der Waals surface area contributed by atoms with Crippen LogP contribution in [0.2, 0.25) is 0 Å². The first kappa shape index (κ1) is 15.8. The van der Waals surface area contributed by atoms with Gasteiger partial charge >= 0.3 is 6.18 Å². The summed E-state index contributed by atoms with van der Waals surface area (Å²) in [7, 11) is 0. The number of alkyl halides is 3. The molecule has 1 saturated heterocycles. The van der Waals surface area contributed by atoms with Crippen molar-refractivity contribution in [2.75, 3.05) is 19.7 Å². The van der Waals surface area contributed by atoms with E-state index in [1.54, 1.807) is 0 Å². The van der Waals surface area contributed by atoms with E-state index in [-0.39, 0.29) is 12.5 Å². The highest BCUT2D eigenvalue weighted by Crippen LogP contribution is 2.33. The first-order valence-electron chi connectivity index (χ1n) is 6.60. The van der Waals surface area contributed by atoms with Crippen LogP contribution in [0.1, 0.15) is 28.8 Å². The van der Waals surface area contributed by atoms with E-state index in [0.29, 0.717) is 32.0 Å². The molecule has 1 heterocycles. The Morgan fingerprint density at radius 3 is 2.43 bits per heavy atom. The average Bonchev–Trinajstić information content (AvgIpc) is 2.45. The molecule has 1 aromatic rings. The van der Waals surface area contributed by atoms with E-state index in [0.717, 1.165) is 12.1 Å². The zero-order valence-electron chi connectivity index (χ0n) is 11.2. The van der Waals surface area contributed by atoms with Crippen molar-refractivity contribution in [3.8, 4) is 0 Å². The number of aliphatic hydroxyl groups is 1. The van der Waals surface area contributed by atoms with Crippen LogP contribution in [0.4, 0.5) is 17.6 Å². The molecule has 7 heteroatoms. The number of nitrogens with zero attached hydrogens (tertiary/aromatic N) is 1. The van der Waals surface area contributed by atoms with E-state index in [9.17, 15) is 22.4 Å². The lowest BCUT2D eigenvalue weighted by Crippen LogP contribution is -2.39. The lowest BCUT2D eigenvalue weighted by atomic mass is 9.97. The van der Waals surface area contributed by atoms with Gasteiger partial charge in [-0.05, 0) is 30.9 Å². The molecule has 0 bridgehead atoms. The SMILES string of the molecule is O=C(c1cccc(C(F)(F)F)c1F)N1CCC(CO)CC1. The molecule has 3 nitrogen and oxygen atoms in total. The van der Waals surface area contributed by atoms with Crippen molar-refractivity contribution in [1.82, 2.24) is 4.90 Å². The Kier molecular flexibility index (Phi) is 4.51. The topological polar surface area (TPSA) is 40.5 Å². The van der Waals surface area contributed by atoms with Crippen LogP contribution in [0.5, 0.6) is 0 Å². The molecule has 1 fully saturated rings. The zero-order valence-corrected chi connectivity index (χ0v) is 11.2. The number of halogens is 4. The van der Waals surface area contributed by atoms with E-state index in [2.05, 4.69) is 0 Å². The van der Waals surface area contributed by atoms with Crippen molar-refractivity contribution in [1.29, 1.82) is 0 Å². The van der Waals surface area contributed by atoms with Crippen molar-refractivity contribution in [3.05, 3.63) is 35.1 Å². The minimum atomic E-state index is -4.83. The number of amides is 1. The van der Waals surface area contributed by atoms with Gasteiger partial charge in [-0.2, -0.15) is 13.2 Å². The maximum Gasteiger partial charge on any atom is 0.419 e. The molecule has 0 radical (unpaired) electrons. The molecule has 116 valence electrons. The van der Waals surface area contributed by atoms with Gasteiger partial charge < -0.3 is 10.0 Å². The fourth-order valence-electron chi connectivity index (χ4n) is 2.41. The summed E-state index contributed by atoms with van der Waals surface area (Å²) in [6.07, 6.45) is -3.71. The maximum absolute atomic E-state index is 13.9. The van der Waals surface area contributed by atoms with Crippen LogP contribution in [-0.2, 0) is 6.18 Å². The highest BCUT2D eigenvalue weighted by molar-refractivity contribution is 5.94. The molecule has 0 spiro atoms. The van der Waals surface area contributed by atoms with Gasteiger partial charge in [0.15, 0.2) is 0 Å². The molecular weight excluding hydrogens is 290 g/mol. The van der Waals surface area contributed by atoms with Gasteiger partial charge in [-0.25, -0.2) is 4.39 Å². The maximum atomic E-state index is 13.9. The molecule has 0 aliphatic carbocycles. The Balaban J connectivity index is 2.21. The van der Waals surface area contributed by atoms with Gasteiger partial charge in [0.2, 0.25) is 0 Å². The molecule has 1 aliphatic heterocycles. The lowest BCUT2D eigenvalue weighted by Gasteiger charge is -2.31. The summed E-state index contributed by atoms with van der Waals surface area (Å²) < 4.78 is 51.8. The molecule has 0 unspecified atom stereocenters. The van der Waals surface area contributed by atoms with Gasteiger partial charge in [-0.1, -0.05) is 6.07 Å². The van der Waals surface area contributed by atoms with E-state index >= 15 is 0 Å². The van der Waals surface area contributed by atoms with Gasteiger partial charge in [-0.3, -0.25) is 4.79 Å². The molecule has 0 aromatic heterocycles. The van der Waals surface area contributed by atoms with Gasteiger partial charge in [0.05, 0.1) is 11.1 Å². The number of hydrogen-bond acceptors (Lipinski definition) is 2. The van der Waals surface area contributed by atoms with Crippen LogP contribution in [0.3, 0.4) is 0 Å². The van der Waals surface area contributed by atoms with Crippen molar-refractivity contribution < 1.29 is 27.5 Å². The monoisotopic (exact) mass is 305 g/mol. The highest BCUT2D eigenvalue weighted by atomic mass is 19.4. The zero-order chi connectivity index (χ0) is 15.6. The molecule has 1 amide bonds. The summed E-state index contributed by atoms with van der Waals surface area (Å²) in [6.45, 7) is 0.624. The average molecular weight is 305 g/mol. The molecule has 2 rings (SSSR count). The third kappa shape index (κ3) is 3.34. The molecule has 1 aliphatic rings. The fraction of sp³-hybridized carbons (Fsp3) is 0.500. The fourth-order valence-corrected chi connectivity index (χ4v) is 2.41. The molecule has 1 N–H and O–H groups in total. The Hall–Kier alpha value is -1.63. The van der Waals surface area contributed by atoms with Crippen LogP contribution >= 0.6 is 0 Å². The third-order valence-electron chi connectivity index (χ3n) is 3.69. The second-order valence-electron chi connectivity index (χ2n) is 5.08. The summed E-state index contributed by atoms with van der Waals surface area (Å²) in [6, 6.07) is 2.70. The Labute approximate surface area is 119 Å². The van der Waals surface area contributed by atoms with Crippen molar-refractivity contribution >= 4 is 5.91 Å². The van der Waals surface area contributed by atoms with E-state index < -0.39 is 29.0 Å². The van der Waals surface area contributed by atoms with Crippen LogP contribution in [0, 0.1) is 11.7 Å². The Morgan fingerprint density at radius 1 is 1.29 bits per heavy atom. The van der Waals surface area contributed by atoms with Crippen molar-refractivity contribution in [3.63, 3.8) is 0 Å². The number of piperidine rings is 1. The second kappa shape index (κ2) is 6.01. The third-order valence-corrected chi connectivity index (χ3v) is 3.69. The number of likely N-dealkylation sites (tertiary alicyclic amines) is 1. The first-order valence-corrected chi connectivity index (χ1v) is 6.60. The summed E-state index contributed by atoms with van der Waals surface area (Å²) in [5.41, 5.74) is -1.99. The summed E-state index contributed by atoms with van der Waals surface area (Å²) in [5.74, 6) is -2.19. The lowest BCUT2D eigenvalue weighted by molar-refractivity contribution is -0.140. The van der Waals surface area contributed by atoms with E-state index in [4.69, 9.17) is 5.11 Å². The van der Waals surface area contributed by atoms with E-state index in [1.807, 2.05) is 0 Å². The largest absolute Gasteiger partial charge is 0.419 e. The smallest absolute Gasteiger partial charge is 0.396 e. The van der Waals surface area contributed by atoms with Gasteiger partial charge in [0, 0.05) is 19.7 Å².